The molecule has 2 rings (SSSR count). The van der Waals surface area contributed by atoms with Crippen LogP contribution in [0, 0.1) is 0 Å². The van der Waals surface area contributed by atoms with Gasteiger partial charge in [-0.15, -0.1) is 0 Å². The van der Waals surface area contributed by atoms with E-state index >= 15 is 0 Å². The van der Waals surface area contributed by atoms with E-state index in [-0.39, 0.29) is 0 Å². The lowest BCUT2D eigenvalue weighted by atomic mass is 10.2. The zero-order chi connectivity index (χ0) is 11.5. The number of pyridine rings is 1. The van der Waals surface area contributed by atoms with E-state index in [9.17, 15) is 0 Å². The van der Waals surface area contributed by atoms with Crippen molar-refractivity contribution in [1.29, 1.82) is 0 Å². The molecule has 0 amide bonds. The van der Waals surface area contributed by atoms with Crippen molar-refractivity contribution in [3.8, 4) is 0 Å². The summed E-state index contributed by atoms with van der Waals surface area (Å²) in [4.78, 5) is 6.96. The van der Waals surface area contributed by atoms with Gasteiger partial charge in [-0.2, -0.15) is 11.8 Å². The first-order chi connectivity index (χ1) is 7.66. The maximum Gasteiger partial charge on any atom is 0.0544 e. The average Bonchev–Trinajstić information content (AvgIpc) is 2.28. The third-order valence-electron chi connectivity index (χ3n) is 3.17. The number of hydrogen-bond donors (Lipinski definition) is 0. The maximum atomic E-state index is 4.44. The van der Waals surface area contributed by atoms with Gasteiger partial charge in [-0.3, -0.25) is 9.88 Å². The molecule has 16 heavy (non-hydrogen) atoms. The van der Waals surface area contributed by atoms with Gasteiger partial charge in [0.15, 0.2) is 0 Å². The molecule has 0 saturated carbocycles. The molecule has 1 saturated heterocycles. The van der Waals surface area contributed by atoms with Gasteiger partial charge in [0.25, 0.3) is 0 Å². The lowest BCUT2D eigenvalue weighted by Crippen LogP contribution is -2.44. The van der Waals surface area contributed by atoms with E-state index in [0.29, 0.717) is 6.04 Å². The van der Waals surface area contributed by atoms with Crippen molar-refractivity contribution in [2.45, 2.75) is 31.7 Å². The van der Waals surface area contributed by atoms with Gasteiger partial charge < -0.3 is 0 Å². The summed E-state index contributed by atoms with van der Waals surface area (Å²) >= 11 is 5.49. The van der Waals surface area contributed by atoms with E-state index in [2.05, 4.69) is 63.6 Å². The highest BCUT2D eigenvalue weighted by atomic mass is 79.9. The molecule has 2 nitrogen and oxygen atoms in total. The van der Waals surface area contributed by atoms with Crippen LogP contribution in [0.2, 0.25) is 0 Å². The van der Waals surface area contributed by atoms with E-state index in [1.165, 1.54) is 12.3 Å². The predicted octanol–water partition coefficient (Wildman–Crippen LogP) is 3.17. The van der Waals surface area contributed by atoms with Crippen LogP contribution in [0.15, 0.2) is 22.8 Å². The zero-order valence-corrected chi connectivity index (χ0v) is 12.1. The van der Waals surface area contributed by atoms with E-state index < -0.39 is 0 Å². The van der Waals surface area contributed by atoms with E-state index in [4.69, 9.17) is 0 Å². The summed E-state index contributed by atoms with van der Waals surface area (Å²) in [5, 5.41) is 0.726. The van der Waals surface area contributed by atoms with Gasteiger partial charge in [-0.05, 0) is 35.0 Å². The molecule has 2 unspecified atom stereocenters. The van der Waals surface area contributed by atoms with E-state index in [0.717, 1.165) is 22.0 Å². The van der Waals surface area contributed by atoms with Gasteiger partial charge in [0.1, 0.15) is 0 Å². The Labute approximate surface area is 110 Å². The van der Waals surface area contributed by atoms with Crippen LogP contribution >= 0.6 is 27.7 Å². The van der Waals surface area contributed by atoms with Gasteiger partial charge in [0.2, 0.25) is 0 Å². The van der Waals surface area contributed by atoms with Crippen molar-refractivity contribution < 1.29 is 0 Å². The fourth-order valence-corrected chi connectivity index (χ4v) is 3.32. The molecule has 0 bridgehead atoms. The summed E-state index contributed by atoms with van der Waals surface area (Å²) in [5.74, 6) is 1.24. The van der Waals surface area contributed by atoms with Crippen molar-refractivity contribution >= 4 is 27.7 Å². The van der Waals surface area contributed by atoms with Crippen molar-refractivity contribution in [2.24, 2.45) is 0 Å². The van der Waals surface area contributed by atoms with Gasteiger partial charge in [0, 0.05) is 40.8 Å². The highest BCUT2D eigenvalue weighted by Crippen LogP contribution is 2.25. The van der Waals surface area contributed by atoms with Crippen LogP contribution in [0.5, 0.6) is 0 Å². The number of nitrogens with zero attached hydrogens (tertiary/aromatic N) is 2. The SMILES string of the molecule is CC1SCCN(Cc2ccc(Br)cn2)C1C. The Kier molecular flexibility index (Phi) is 4.27. The summed E-state index contributed by atoms with van der Waals surface area (Å²) in [6.07, 6.45) is 1.88. The Morgan fingerprint density at radius 2 is 2.31 bits per heavy atom. The number of thioether (sulfide) groups is 1. The molecule has 1 aliphatic heterocycles. The van der Waals surface area contributed by atoms with Crippen LogP contribution < -0.4 is 0 Å². The van der Waals surface area contributed by atoms with Gasteiger partial charge in [-0.1, -0.05) is 6.92 Å². The zero-order valence-electron chi connectivity index (χ0n) is 9.69. The van der Waals surface area contributed by atoms with Crippen LogP contribution in [0.4, 0.5) is 0 Å². The lowest BCUT2D eigenvalue weighted by molar-refractivity contribution is 0.202. The molecule has 1 aromatic heterocycles. The number of rotatable bonds is 2. The van der Waals surface area contributed by atoms with E-state index in [1.807, 2.05) is 6.20 Å². The molecule has 1 aromatic rings. The average molecular weight is 301 g/mol. The van der Waals surface area contributed by atoms with Crippen molar-refractivity contribution in [2.75, 3.05) is 12.3 Å². The first kappa shape index (κ1) is 12.4. The van der Waals surface area contributed by atoms with Crippen LogP contribution in [0.3, 0.4) is 0 Å². The highest BCUT2D eigenvalue weighted by Gasteiger charge is 2.25. The Balaban J connectivity index is 2.00. The number of aromatic nitrogens is 1. The van der Waals surface area contributed by atoms with Crippen LogP contribution in [-0.4, -0.2) is 33.5 Å². The summed E-state index contributed by atoms with van der Waals surface area (Å²) in [5.41, 5.74) is 1.16. The lowest BCUT2D eigenvalue weighted by Gasteiger charge is -2.37. The highest BCUT2D eigenvalue weighted by molar-refractivity contribution is 9.10. The van der Waals surface area contributed by atoms with E-state index in [1.54, 1.807) is 0 Å². The fraction of sp³-hybridized carbons (Fsp3) is 0.583. The molecule has 4 heteroatoms. The van der Waals surface area contributed by atoms with Crippen LogP contribution in [-0.2, 0) is 6.54 Å². The molecule has 2 heterocycles. The molecule has 0 spiro atoms. The third kappa shape index (κ3) is 2.99. The minimum atomic E-state index is 0.643. The van der Waals surface area contributed by atoms with Crippen molar-refractivity contribution in [3.63, 3.8) is 0 Å². The quantitative estimate of drug-likeness (QED) is 0.835. The van der Waals surface area contributed by atoms with Crippen molar-refractivity contribution in [1.82, 2.24) is 9.88 Å². The Morgan fingerprint density at radius 1 is 1.50 bits per heavy atom. The molecular weight excluding hydrogens is 284 g/mol. The molecule has 1 aliphatic rings. The number of hydrogen-bond acceptors (Lipinski definition) is 3. The van der Waals surface area contributed by atoms with Gasteiger partial charge >= 0.3 is 0 Å². The molecule has 1 fully saturated rings. The van der Waals surface area contributed by atoms with Gasteiger partial charge in [0.05, 0.1) is 5.69 Å². The monoisotopic (exact) mass is 300 g/mol. The molecule has 0 aromatic carbocycles. The number of halogens is 1. The third-order valence-corrected chi connectivity index (χ3v) is 4.98. The minimum absolute atomic E-state index is 0.643. The molecule has 0 N–H and O–H groups in total. The summed E-state index contributed by atoms with van der Waals surface area (Å²) in [6, 6.07) is 4.81. The summed E-state index contributed by atoms with van der Waals surface area (Å²) in [6.45, 7) is 6.78. The second kappa shape index (κ2) is 5.52. The Hall–Kier alpha value is -0.0600. The largest absolute Gasteiger partial charge is 0.293 e. The fourth-order valence-electron chi connectivity index (χ4n) is 1.93. The predicted molar refractivity (Wildman–Crippen MR) is 73.7 cm³/mol. The van der Waals surface area contributed by atoms with Crippen LogP contribution in [0.1, 0.15) is 19.5 Å². The molecule has 0 radical (unpaired) electrons. The minimum Gasteiger partial charge on any atom is -0.293 e. The van der Waals surface area contributed by atoms with Crippen molar-refractivity contribution in [3.05, 3.63) is 28.5 Å². The second-order valence-electron chi connectivity index (χ2n) is 4.25. The van der Waals surface area contributed by atoms with Gasteiger partial charge in [-0.25, -0.2) is 0 Å². The first-order valence-electron chi connectivity index (χ1n) is 5.63. The Morgan fingerprint density at radius 3 is 3.00 bits per heavy atom. The Bertz CT molecular complexity index is 341. The summed E-state index contributed by atoms with van der Waals surface area (Å²) in [7, 11) is 0. The molecular formula is C12H17BrN2S. The molecule has 88 valence electrons. The smallest absolute Gasteiger partial charge is 0.0544 e. The topological polar surface area (TPSA) is 16.1 Å². The standard InChI is InChI=1S/C12H17BrN2S/c1-9-10(2)16-6-5-15(9)8-12-4-3-11(13)7-14-12/h3-4,7,9-10H,5-6,8H2,1-2H3. The first-order valence-corrected chi connectivity index (χ1v) is 7.47. The second-order valence-corrected chi connectivity index (χ2v) is 6.66. The molecule has 2 atom stereocenters. The molecule has 0 aliphatic carbocycles. The maximum absolute atomic E-state index is 4.44. The summed E-state index contributed by atoms with van der Waals surface area (Å²) < 4.78 is 1.05. The normalized spacial score (nSPS) is 26.9. The van der Waals surface area contributed by atoms with Crippen LogP contribution in [0.25, 0.3) is 0 Å².